The molecule has 0 aliphatic carbocycles. The topological polar surface area (TPSA) is 98.5 Å². The zero-order valence-electron chi connectivity index (χ0n) is 13.9. The van der Waals surface area contributed by atoms with Crippen LogP contribution in [0.4, 0.5) is 11.4 Å². The van der Waals surface area contributed by atoms with Crippen LogP contribution in [0.25, 0.3) is 0 Å². The molecule has 0 saturated heterocycles. The van der Waals surface area contributed by atoms with Crippen LogP contribution < -0.4 is 5.32 Å². The Labute approximate surface area is 144 Å². The van der Waals surface area contributed by atoms with Crippen molar-refractivity contribution in [1.29, 1.82) is 0 Å². The summed E-state index contributed by atoms with van der Waals surface area (Å²) < 4.78 is 5.10. The molecule has 0 aromatic heterocycles. The zero-order valence-corrected chi connectivity index (χ0v) is 13.9. The summed E-state index contributed by atoms with van der Waals surface area (Å²) in [4.78, 5) is 34.4. The molecule has 1 unspecified atom stereocenters. The molecule has 2 rings (SSSR count). The highest BCUT2D eigenvalue weighted by molar-refractivity contribution is 5.96. The lowest BCUT2D eigenvalue weighted by Gasteiger charge is -2.13. The van der Waals surface area contributed by atoms with Gasteiger partial charge in [0.05, 0.1) is 11.3 Å². The molecule has 25 heavy (non-hydrogen) atoms. The summed E-state index contributed by atoms with van der Waals surface area (Å²) in [6.07, 6.45) is -1.03. The largest absolute Gasteiger partial charge is 0.452 e. The van der Waals surface area contributed by atoms with Crippen LogP contribution in [0.2, 0.25) is 0 Å². The number of carbonyl (C=O) groups excluding carboxylic acids is 2. The van der Waals surface area contributed by atoms with E-state index in [1.165, 1.54) is 25.1 Å². The minimum Gasteiger partial charge on any atom is -0.452 e. The maximum Gasteiger partial charge on any atom is 0.311 e. The smallest absolute Gasteiger partial charge is 0.311 e. The third kappa shape index (κ3) is 5.13. The number of amides is 1. The van der Waals surface area contributed by atoms with Crippen LogP contribution in [0.15, 0.2) is 48.5 Å². The number of nitro groups is 1. The highest BCUT2D eigenvalue weighted by Gasteiger charge is 2.21. The number of ether oxygens (including phenoxy) is 1. The zero-order chi connectivity index (χ0) is 18.4. The second-order valence-electron chi connectivity index (χ2n) is 5.56. The van der Waals surface area contributed by atoms with Crippen LogP contribution in [0.5, 0.6) is 0 Å². The second-order valence-corrected chi connectivity index (χ2v) is 5.56. The average molecular weight is 342 g/mol. The Morgan fingerprint density at radius 3 is 2.44 bits per heavy atom. The molecule has 2 aromatic carbocycles. The monoisotopic (exact) mass is 342 g/mol. The number of esters is 1. The molecule has 0 saturated carbocycles. The minimum absolute atomic E-state index is 0.0450. The third-order valence-corrected chi connectivity index (χ3v) is 3.51. The van der Waals surface area contributed by atoms with E-state index < -0.39 is 22.9 Å². The Bertz CT molecular complexity index is 786. The summed E-state index contributed by atoms with van der Waals surface area (Å²) in [5, 5.41) is 13.4. The van der Waals surface area contributed by atoms with Crippen molar-refractivity contribution in [2.75, 3.05) is 5.32 Å². The number of nitrogens with one attached hydrogen (secondary N) is 1. The number of para-hydroxylation sites is 2. The molecule has 0 bridgehead atoms. The van der Waals surface area contributed by atoms with E-state index in [1.807, 2.05) is 31.2 Å². The molecule has 0 spiro atoms. The minimum atomic E-state index is -1.07. The molecule has 1 atom stereocenters. The highest BCUT2D eigenvalue weighted by Crippen LogP contribution is 2.23. The Hall–Kier alpha value is -3.22. The number of carbonyl (C=O) groups is 2. The highest BCUT2D eigenvalue weighted by atomic mass is 16.6. The Morgan fingerprint density at radius 2 is 1.80 bits per heavy atom. The van der Waals surface area contributed by atoms with Gasteiger partial charge in [0.25, 0.3) is 11.6 Å². The molecule has 0 heterocycles. The van der Waals surface area contributed by atoms with E-state index in [9.17, 15) is 19.7 Å². The van der Waals surface area contributed by atoms with E-state index in [-0.39, 0.29) is 17.8 Å². The average Bonchev–Trinajstić information content (AvgIpc) is 2.57. The summed E-state index contributed by atoms with van der Waals surface area (Å²) >= 11 is 0. The number of nitrogens with zero attached hydrogens (tertiary/aromatic N) is 1. The van der Waals surface area contributed by atoms with Crippen molar-refractivity contribution >= 4 is 23.3 Å². The number of nitro benzene ring substituents is 1. The number of rotatable bonds is 6. The SMILES string of the molecule is Cc1ccc(CC(=O)OC(C)C(=O)Nc2ccccc2[N+](=O)[O-])cc1. The fraction of sp³-hybridized carbons (Fsp3) is 0.222. The Kier molecular flexibility index (Phi) is 5.84. The molecular weight excluding hydrogens is 324 g/mol. The maximum atomic E-state index is 12.1. The van der Waals surface area contributed by atoms with Crippen LogP contribution in [0.3, 0.4) is 0 Å². The number of aryl methyl sites for hydroxylation is 1. The number of anilines is 1. The molecular formula is C18H18N2O5. The molecule has 2 aromatic rings. The molecule has 0 aliphatic heterocycles. The summed E-state index contributed by atoms with van der Waals surface area (Å²) in [5.74, 6) is -1.18. The molecule has 1 N–H and O–H groups in total. The van der Waals surface area contributed by atoms with E-state index in [2.05, 4.69) is 5.32 Å². The fourth-order valence-electron chi connectivity index (χ4n) is 2.14. The van der Waals surface area contributed by atoms with Gasteiger partial charge in [0, 0.05) is 6.07 Å². The molecule has 0 fully saturated rings. The van der Waals surface area contributed by atoms with E-state index >= 15 is 0 Å². The summed E-state index contributed by atoms with van der Waals surface area (Å²) in [5.41, 5.74) is 1.68. The molecule has 7 nitrogen and oxygen atoms in total. The van der Waals surface area contributed by atoms with Gasteiger partial charge in [-0.25, -0.2) is 0 Å². The van der Waals surface area contributed by atoms with E-state index in [0.29, 0.717) is 0 Å². The van der Waals surface area contributed by atoms with Crippen LogP contribution in [0.1, 0.15) is 18.1 Å². The lowest BCUT2D eigenvalue weighted by Crippen LogP contribution is -2.30. The lowest BCUT2D eigenvalue weighted by atomic mass is 10.1. The molecule has 0 aliphatic rings. The van der Waals surface area contributed by atoms with Crippen LogP contribution in [-0.4, -0.2) is 22.9 Å². The van der Waals surface area contributed by atoms with Gasteiger partial charge in [-0.05, 0) is 25.5 Å². The van der Waals surface area contributed by atoms with Gasteiger partial charge in [-0.3, -0.25) is 19.7 Å². The molecule has 0 radical (unpaired) electrons. The van der Waals surface area contributed by atoms with Gasteiger partial charge >= 0.3 is 5.97 Å². The van der Waals surface area contributed by atoms with Crippen LogP contribution in [-0.2, 0) is 20.7 Å². The van der Waals surface area contributed by atoms with Crippen molar-refractivity contribution in [3.8, 4) is 0 Å². The quantitative estimate of drug-likeness (QED) is 0.494. The van der Waals surface area contributed by atoms with Gasteiger partial charge in [0.15, 0.2) is 6.10 Å². The van der Waals surface area contributed by atoms with Gasteiger partial charge in [-0.2, -0.15) is 0 Å². The van der Waals surface area contributed by atoms with Gasteiger partial charge in [-0.1, -0.05) is 42.0 Å². The van der Waals surface area contributed by atoms with Gasteiger partial charge in [0.2, 0.25) is 0 Å². The summed E-state index contributed by atoms with van der Waals surface area (Å²) in [6, 6.07) is 13.2. The van der Waals surface area contributed by atoms with Gasteiger partial charge in [-0.15, -0.1) is 0 Å². The maximum absolute atomic E-state index is 12.1. The van der Waals surface area contributed by atoms with Crippen molar-refractivity contribution in [2.45, 2.75) is 26.4 Å². The van der Waals surface area contributed by atoms with Crippen LogP contribution in [0, 0.1) is 17.0 Å². The Balaban J connectivity index is 1.95. The van der Waals surface area contributed by atoms with Crippen molar-refractivity contribution in [3.05, 3.63) is 69.8 Å². The lowest BCUT2D eigenvalue weighted by molar-refractivity contribution is -0.383. The molecule has 7 heteroatoms. The molecule has 1 amide bonds. The number of hydrogen-bond acceptors (Lipinski definition) is 5. The standard InChI is InChI=1S/C18H18N2O5/c1-12-7-9-14(10-8-12)11-17(21)25-13(2)18(22)19-15-5-3-4-6-16(15)20(23)24/h3-10,13H,11H2,1-2H3,(H,19,22). The predicted molar refractivity (Wildman–Crippen MR) is 92.2 cm³/mol. The van der Waals surface area contributed by atoms with Crippen LogP contribution >= 0.6 is 0 Å². The van der Waals surface area contributed by atoms with Crippen molar-refractivity contribution in [3.63, 3.8) is 0 Å². The first-order valence-electron chi connectivity index (χ1n) is 7.66. The first-order chi connectivity index (χ1) is 11.9. The number of hydrogen-bond donors (Lipinski definition) is 1. The number of benzene rings is 2. The molecule has 130 valence electrons. The van der Waals surface area contributed by atoms with Crippen molar-refractivity contribution < 1.29 is 19.2 Å². The normalized spacial score (nSPS) is 11.4. The van der Waals surface area contributed by atoms with Crippen molar-refractivity contribution in [2.24, 2.45) is 0 Å². The van der Waals surface area contributed by atoms with E-state index in [4.69, 9.17) is 4.74 Å². The first kappa shape index (κ1) is 18.1. The van der Waals surface area contributed by atoms with E-state index in [1.54, 1.807) is 6.07 Å². The van der Waals surface area contributed by atoms with Gasteiger partial charge < -0.3 is 10.1 Å². The first-order valence-corrected chi connectivity index (χ1v) is 7.66. The second kappa shape index (κ2) is 8.05. The fourth-order valence-corrected chi connectivity index (χ4v) is 2.14. The van der Waals surface area contributed by atoms with Gasteiger partial charge in [0.1, 0.15) is 5.69 Å². The third-order valence-electron chi connectivity index (χ3n) is 3.51. The predicted octanol–water partition coefficient (Wildman–Crippen LogP) is 3.02. The van der Waals surface area contributed by atoms with Crippen molar-refractivity contribution in [1.82, 2.24) is 0 Å². The van der Waals surface area contributed by atoms with E-state index in [0.717, 1.165) is 11.1 Å². The summed E-state index contributed by atoms with van der Waals surface area (Å²) in [6.45, 7) is 3.36. The summed E-state index contributed by atoms with van der Waals surface area (Å²) in [7, 11) is 0. The Morgan fingerprint density at radius 1 is 1.16 bits per heavy atom.